The molecule has 1 aliphatic heterocycles. The summed E-state index contributed by atoms with van der Waals surface area (Å²) in [6, 6.07) is 3.78. The Bertz CT molecular complexity index is 385. The number of rotatable bonds is 0. The first-order valence-corrected chi connectivity index (χ1v) is 4.25. The van der Waals surface area contributed by atoms with Gasteiger partial charge in [-0.15, -0.1) is 0 Å². The van der Waals surface area contributed by atoms with Crippen molar-refractivity contribution in [3.05, 3.63) is 23.3 Å². The zero-order chi connectivity index (χ0) is 9.59. The van der Waals surface area contributed by atoms with Gasteiger partial charge in [0.25, 0.3) is 0 Å². The number of benzene rings is 1. The van der Waals surface area contributed by atoms with Crippen LogP contribution < -0.4 is 10.6 Å². The van der Waals surface area contributed by atoms with Crippen LogP contribution in [0, 0.1) is 6.92 Å². The van der Waals surface area contributed by atoms with Crippen LogP contribution in [0.1, 0.15) is 11.1 Å². The summed E-state index contributed by atoms with van der Waals surface area (Å²) in [5.41, 5.74) is 9.57. The van der Waals surface area contributed by atoms with E-state index in [2.05, 4.69) is 0 Å². The second kappa shape index (κ2) is 2.49. The maximum absolute atomic E-state index is 11.4. The smallest absolute Gasteiger partial charge is 0.231 e. The van der Waals surface area contributed by atoms with Crippen LogP contribution in [0.25, 0.3) is 0 Å². The van der Waals surface area contributed by atoms with Gasteiger partial charge in [0.15, 0.2) is 0 Å². The van der Waals surface area contributed by atoms with E-state index in [9.17, 15) is 4.79 Å². The van der Waals surface area contributed by atoms with Gasteiger partial charge in [-0.3, -0.25) is 4.79 Å². The summed E-state index contributed by atoms with van der Waals surface area (Å²) in [4.78, 5) is 13.1. The number of nitrogens with zero attached hydrogens (tertiary/aromatic N) is 1. The highest BCUT2D eigenvalue weighted by molar-refractivity contribution is 6.02. The van der Waals surface area contributed by atoms with Crippen LogP contribution >= 0.6 is 0 Å². The number of aryl methyl sites for hydroxylation is 1. The molecule has 1 aromatic rings. The SMILES string of the molecule is Cc1cc(N)cc2c1N(C)C(=O)C2. The molecule has 1 aliphatic rings. The Labute approximate surface area is 77.1 Å². The average molecular weight is 176 g/mol. The molecule has 0 radical (unpaired) electrons. The van der Waals surface area contributed by atoms with Gasteiger partial charge in [-0.25, -0.2) is 0 Å². The molecule has 0 spiro atoms. The predicted octanol–water partition coefficient (Wildman–Crippen LogP) is 1.10. The van der Waals surface area contributed by atoms with Crippen LogP contribution in [0.15, 0.2) is 12.1 Å². The Morgan fingerprint density at radius 1 is 1.46 bits per heavy atom. The predicted molar refractivity (Wildman–Crippen MR) is 52.7 cm³/mol. The zero-order valence-electron chi connectivity index (χ0n) is 7.79. The first kappa shape index (κ1) is 8.10. The van der Waals surface area contributed by atoms with Crippen LogP contribution in [-0.2, 0) is 11.2 Å². The fraction of sp³-hybridized carbons (Fsp3) is 0.300. The molecule has 0 fully saturated rings. The number of carbonyl (C=O) groups excluding carboxylic acids is 1. The Morgan fingerprint density at radius 2 is 2.15 bits per heavy atom. The van der Waals surface area contributed by atoms with Crippen molar-refractivity contribution in [3.63, 3.8) is 0 Å². The highest BCUT2D eigenvalue weighted by Crippen LogP contribution is 2.32. The summed E-state index contributed by atoms with van der Waals surface area (Å²) in [6.45, 7) is 1.98. The molecule has 68 valence electrons. The lowest BCUT2D eigenvalue weighted by Gasteiger charge is -2.13. The van der Waals surface area contributed by atoms with E-state index in [1.165, 1.54) is 0 Å². The second-order valence-corrected chi connectivity index (χ2v) is 3.48. The van der Waals surface area contributed by atoms with Gasteiger partial charge in [0.2, 0.25) is 5.91 Å². The molecule has 13 heavy (non-hydrogen) atoms. The van der Waals surface area contributed by atoms with E-state index < -0.39 is 0 Å². The lowest BCUT2D eigenvalue weighted by molar-refractivity contribution is -0.117. The number of fused-ring (bicyclic) bond motifs is 1. The first-order chi connectivity index (χ1) is 6.09. The molecule has 2 N–H and O–H groups in total. The molecule has 0 aliphatic carbocycles. The fourth-order valence-corrected chi connectivity index (χ4v) is 1.90. The van der Waals surface area contributed by atoms with Crippen LogP contribution in [0.2, 0.25) is 0 Å². The number of likely N-dealkylation sites (N-methyl/N-ethyl adjacent to an activating group) is 1. The number of hydrogen-bond donors (Lipinski definition) is 1. The third-order valence-electron chi connectivity index (χ3n) is 2.45. The van der Waals surface area contributed by atoms with Gasteiger partial charge in [-0.1, -0.05) is 0 Å². The molecule has 1 amide bonds. The molecule has 1 aromatic carbocycles. The lowest BCUT2D eigenvalue weighted by Crippen LogP contribution is -2.21. The van der Waals surface area contributed by atoms with E-state index in [1.807, 2.05) is 19.1 Å². The van der Waals surface area contributed by atoms with Gasteiger partial charge in [0.05, 0.1) is 12.1 Å². The summed E-state index contributed by atoms with van der Waals surface area (Å²) < 4.78 is 0. The molecule has 2 rings (SSSR count). The quantitative estimate of drug-likeness (QED) is 0.601. The lowest BCUT2D eigenvalue weighted by atomic mass is 10.1. The van der Waals surface area contributed by atoms with Crippen molar-refractivity contribution in [2.24, 2.45) is 0 Å². The third-order valence-corrected chi connectivity index (χ3v) is 2.45. The number of hydrogen-bond acceptors (Lipinski definition) is 2. The zero-order valence-corrected chi connectivity index (χ0v) is 7.79. The average Bonchev–Trinajstić information content (AvgIpc) is 2.27. The monoisotopic (exact) mass is 176 g/mol. The van der Waals surface area contributed by atoms with Crippen molar-refractivity contribution in [2.45, 2.75) is 13.3 Å². The number of carbonyl (C=O) groups is 1. The maximum Gasteiger partial charge on any atom is 0.231 e. The summed E-state index contributed by atoms with van der Waals surface area (Å²) in [5, 5.41) is 0. The Balaban J connectivity index is 2.64. The van der Waals surface area contributed by atoms with Gasteiger partial charge in [0.1, 0.15) is 0 Å². The maximum atomic E-state index is 11.4. The minimum absolute atomic E-state index is 0.142. The van der Waals surface area contributed by atoms with Crippen molar-refractivity contribution in [1.82, 2.24) is 0 Å². The Kier molecular flexibility index (Phi) is 1.55. The first-order valence-electron chi connectivity index (χ1n) is 4.25. The minimum atomic E-state index is 0.142. The van der Waals surface area contributed by atoms with E-state index in [4.69, 9.17) is 5.73 Å². The molecule has 0 aromatic heterocycles. The third kappa shape index (κ3) is 1.08. The molecule has 3 nitrogen and oxygen atoms in total. The Hall–Kier alpha value is -1.51. The number of amides is 1. The molecule has 0 atom stereocenters. The minimum Gasteiger partial charge on any atom is -0.399 e. The summed E-state index contributed by atoms with van der Waals surface area (Å²) in [7, 11) is 1.80. The van der Waals surface area contributed by atoms with Gasteiger partial charge >= 0.3 is 0 Å². The highest BCUT2D eigenvalue weighted by Gasteiger charge is 2.25. The molecule has 0 bridgehead atoms. The number of nitrogen functional groups attached to an aromatic ring is 1. The molecular weight excluding hydrogens is 164 g/mol. The summed E-state index contributed by atoms with van der Waals surface area (Å²) >= 11 is 0. The van der Waals surface area contributed by atoms with E-state index in [0.717, 1.165) is 22.5 Å². The van der Waals surface area contributed by atoms with E-state index in [1.54, 1.807) is 11.9 Å². The van der Waals surface area contributed by atoms with Crippen molar-refractivity contribution in [2.75, 3.05) is 17.7 Å². The number of anilines is 2. The van der Waals surface area contributed by atoms with E-state index >= 15 is 0 Å². The molecule has 0 unspecified atom stereocenters. The van der Waals surface area contributed by atoms with E-state index in [-0.39, 0.29) is 5.91 Å². The van der Waals surface area contributed by atoms with Crippen LogP contribution in [0.3, 0.4) is 0 Å². The molecular formula is C10H12N2O. The van der Waals surface area contributed by atoms with Crippen LogP contribution in [0.4, 0.5) is 11.4 Å². The second-order valence-electron chi connectivity index (χ2n) is 3.48. The van der Waals surface area contributed by atoms with Gasteiger partial charge in [-0.2, -0.15) is 0 Å². The summed E-state index contributed by atoms with van der Waals surface area (Å²) in [6.07, 6.45) is 0.484. The van der Waals surface area contributed by atoms with Gasteiger partial charge in [0, 0.05) is 12.7 Å². The molecule has 3 heteroatoms. The van der Waals surface area contributed by atoms with Crippen molar-refractivity contribution in [1.29, 1.82) is 0 Å². The molecule has 1 heterocycles. The van der Waals surface area contributed by atoms with Crippen LogP contribution in [-0.4, -0.2) is 13.0 Å². The van der Waals surface area contributed by atoms with Gasteiger partial charge in [-0.05, 0) is 30.2 Å². The topological polar surface area (TPSA) is 46.3 Å². The molecule has 0 saturated carbocycles. The van der Waals surface area contributed by atoms with Crippen molar-refractivity contribution in [3.8, 4) is 0 Å². The highest BCUT2D eigenvalue weighted by atomic mass is 16.2. The van der Waals surface area contributed by atoms with Crippen molar-refractivity contribution >= 4 is 17.3 Å². The summed E-state index contributed by atoms with van der Waals surface area (Å²) in [5.74, 6) is 0.142. The van der Waals surface area contributed by atoms with E-state index in [0.29, 0.717) is 6.42 Å². The Morgan fingerprint density at radius 3 is 2.85 bits per heavy atom. The number of nitrogens with two attached hydrogens (primary N) is 1. The molecule has 0 saturated heterocycles. The fourth-order valence-electron chi connectivity index (χ4n) is 1.90. The van der Waals surface area contributed by atoms with Crippen molar-refractivity contribution < 1.29 is 4.79 Å². The van der Waals surface area contributed by atoms with Crippen LogP contribution in [0.5, 0.6) is 0 Å². The largest absolute Gasteiger partial charge is 0.399 e. The standard InChI is InChI=1S/C10H12N2O/c1-6-3-8(11)4-7-5-9(13)12(2)10(6)7/h3-4H,5,11H2,1-2H3. The normalized spacial score (nSPS) is 14.9. The van der Waals surface area contributed by atoms with Gasteiger partial charge < -0.3 is 10.6 Å².